The molecule has 2 aromatic heterocycles. The highest BCUT2D eigenvalue weighted by Gasteiger charge is 2.23. The van der Waals surface area contributed by atoms with Crippen LogP contribution in [0.2, 0.25) is 5.02 Å². The molecule has 0 saturated heterocycles. The second-order valence-corrected chi connectivity index (χ2v) is 7.16. The van der Waals surface area contributed by atoms with E-state index >= 15 is 0 Å². The summed E-state index contributed by atoms with van der Waals surface area (Å²) >= 11 is 6.26. The first-order valence-electron chi connectivity index (χ1n) is 8.37. The van der Waals surface area contributed by atoms with Crippen LogP contribution in [0, 0.1) is 0 Å². The predicted molar refractivity (Wildman–Crippen MR) is 97.4 cm³/mol. The van der Waals surface area contributed by atoms with E-state index in [4.69, 9.17) is 11.6 Å². The number of hydrogen-bond acceptors (Lipinski definition) is 3. The van der Waals surface area contributed by atoms with Crippen molar-refractivity contribution < 1.29 is 0 Å². The van der Waals surface area contributed by atoms with Gasteiger partial charge in [-0.05, 0) is 43.3 Å². The molecule has 0 aliphatic carbocycles. The third-order valence-electron chi connectivity index (χ3n) is 4.98. The Labute approximate surface area is 147 Å². The van der Waals surface area contributed by atoms with Crippen LogP contribution in [0.4, 0.5) is 0 Å². The monoisotopic (exact) mass is 340 g/mol. The second-order valence-electron chi connectivity index (χ2n) is 6.72. The molecule has 0 radical (unpaired) electrons. The second kappa shape index (κ2) is 6.19. The summed E-state index contributed by atoms with van der Waals surface area (Å²) in [6.45, 7) is 5.22. The quantitative estimate of drug-likeness (QED) is 0.725. The molecule has 3 heterocycles. The van der Waals surface area contributed by atoms with Gasteiger partial charge in [-0.15, -0.1) is 0 Å². The highest BCUT2D eigenvalue weighted by atomic mass is 35.5. The van der Waals surface area contributed by atoms with Gasteiger partial charge < -0.3 is 9.47 Å². The van der Waals surface area contributed by atoms with Crippen molar-refractivity contribution in [2.24, 2.45) is 0 Å². The largest absolute Gasteiger partial charge is 0.342 e. The van der Waals surface area contributed by atoms with Crippen molar-refractivity contribution in [1.82, 2.24) is 19.4 Å². The Balaban J connectivity index is 1.81. The van der Waals surface area contributed by atoms with E-state index in [9.17, 15) is 0 Å². The number of benzene rings is 1. The summed E-state index contributed by atoms with van der Waals surface area (Å²) in [5.41, 5.74) is 5.24. The van der Waals surface area contributed by atoms with Gasteiger partial charge in [-0.1, -0.05) is 18.5 Å². The molecule has 0 bridgehead atoms. The minimum atomic E-state index is 0.329. The molecular weight excluding hydrogens is 320 g/mol. The van der Waals surface area contributed by atoms with Crippen LogP contribution in [0.15, 0.2) is 36.8 Å². The standard InChI is InChI=1S/C19H21ClN4/c1-13(17-5-7-21-12-22-17)10-24-18-4-3-14(20)9-16(18)15-6-8-23(2)11-19(15)24/h3-5,7,9,12-13H,6,8,10-11H2,1-2H3. The lowest BCUT2D eigenvalue weighted by atomic mass is 10.0. The molecule has 1 atom stereocenters. The molecule has 5 heteroatoms. The highest BCUT2D eigenvalue weighted by Crippen LogP contribution is 2.33. The van der Waals surface area contributed by atoms with Gasteiger partial charge in [0.1, 0.15) is 6.33 Å². The fourth-order valence-electron chi connectivity index (χ4n) is 3.71. The summed E-state index contributed by atoms with van der Waals surface area (Å²) in [4.78, 5) is 10.8. The van der Waals surface area contributed by atoms with Crippen LogP contribution < -0.4 is 0 Å². The molecule has 0 saturated carbocycles. The van der Waals surface area contributed by atoms with Crippen LogP contribution in [0.1, 0.15) is 29.8 Å². The zero-order chi connectivity index (χ0) is 16.7. The molecule has 0 N–H and O–H groups in total. The maximum Gasteiger partial charge on any atom is 0.115 e. The molecule has 3 aromatic rings. The number of aromatic nitrogens is 3. The Bertz CT molecular complexity index is 872. The van der Waals surface area contributed by atoms with Gasteiger partial charge in [-0.25, -0.2) is 9.97 Å². The Morgan fingerprint density at radius 1 is 1.29 bits per heavy atom. The summed E-state index contributed by atoms with van der Waals surface area (Å²) < 4.78 is 2.46. The molecule has 0 amide bonds. The van der Waals surface area contributed by atoms with Crippen LogP contribution in [0.5, 0.6) is 0 Å². The zero-order valence-corrected chi connectivity index (χ0v) is 14.8. The maximum absolute atomic E-state index is 6.26. The van der Waals surface area contributed by atoms with E-state index in [1.54, 1.807) is 6.33 Å². The van der Waals surface area contributed by atoms with Gasteiger partial charge in [0, 0.05) is 59.1 Å². The van der Waals surface area contributed by atoms with E-state index in [0.29, 0.717) is 5.92 Å². The lowest BCUT2D eigenvalue weighted by molar-refractivity contribution is 0.302. The normalized spacial score (nSPS) is 16.3. The van der Waals surface area contributed by atoms with E-state index in [2.05, 4.69) is 45.5 Å². The SMILES string of the molecule is CC(Cn1c2c(c3cc(Cl)ccc31)CCN(C)C2)c1ccncn1. The smallest absolute Gasteiger partial charge is 0.115 e. The van der Waals surface area contributed by atoms with Gasteiger partial charge in [0.05, 0.1) is 0 Å². The van der Waals surface area contributed by atoms with Gasteiger partial charge in [0.2, 0.25) is 0 Å². The zero-order valence-electron chi connectivity index (χ0n) is 14.0. The summed E-state index contributed by atoms with van der Waals surface area (Å²) in [5, 5.41) is 2.12. The summed E-state index contributed by atoms with van der Waals surface area (Å²) in [5.74, 6) is 0.329. The van der Waals surface area contributed by atoms with Crippen molar-refractivity contribution >= 4 is 22.5 Å². The van der Waals surface area contributed by atoms with Crippen LogP contribution in [0.25, 0.3) is 10.9 Å². The Morgan fingerprint density at radius 2 is 2.17 bits per heavy atom. The predicted octanol–water partition coefficient (Wildman–Crippen LogP) is 3.88. The van der Waals surface area contributed by atoms with Gasteiger partial charge >= 0.3 is 0 Å². The average Bonchev–Trinajstić information content (AvgIpc) is 2.88. The fourth-order valence-corrected chi connectivity index (χ4v) is 3.89. The average molecular weight is 341 g/mol. The molecular formula is C19H21ClN4. The third-order valence-corrected chi connectivity index (χ3v) is 5.21. The molecule has 0 spiro atoms. The summed E-state index contributed by atoms with van der Waals surface area (Å²) in [6.07, 6.45) is 4.52. The van der Waals surface area contributed by atoms with E-state index in [-0.39, 0.29) is 0 Å². The van der Waals surface area contributed by atoms with Gasteiger partial charge in [-0.2, -0.15) is 0 Å². The van der Waals surface area contributed by atoms with E-state index in [1.165, 1.54) is 22.2 Å². The molecule has 0 fully saturated rings. The van der Waals surface area contributed by atoms with Crippen LogP contribution >= 0.6 is 11.6 Å². The Morgan fingerprint density at radius 3 is 2.96 bits per heavy atom. The number of nitrogens with zero attached hydrogens (tertiary/aromatic N) is 4. The molecule has 1 aliphatic rings. The van der Waals surface area contributed by atoms with Crippen molar-refractivity contribution in [3.8, 4) is 0 Å². The van der Waals surface area contributed by atoms with Gasteiger partial charge in [-0.3, -0.25) is 0 Å². The molecule has 1 unspecified atom stereocenters. The topological polar surface area (TPSA) is 34.0 Å². The van der Waals surface area contributed by atoms with E-state index in [0.717, 1.165) is 36.8 Å². The molecule has 1 aromatic carbocycles. The van der Waals surface area contributed by atoms with Crippen molar-refractivity contribution in [2.75, 3.05) is 13.6 Å². The summed E-state index contributed by atoms with van der Waals surface area (Å²) in [7, 11) is 2.19. The van der Waals surface area contributed by atoms with Crippen molar-refractivity contribution in [2.45, 2.75) is 32.4 Å². The molecule has 4 rings (SSSR count). The maximum atomic E-state index is 6.26. The highest BCUT2D eigenvalue weighted by molar-refractivity contribution is 6.31. The first kappa shape index (κ1) is 15.6. The number of halogens is 1. The minimum Gasteiger partial charge on any atom is -0.342 e. The van der Waals surface area contributed by atoms with Gasteiger partial charge in [0.25, 0.3) is 0 Å². The first-order chi connectivity index (χ1) is 11.6. The third kappa shape index (κ3) is 2.70. The number of likely N-dealkylation sites (N-methyl/N-ethyl adjacent to an activating group) is 1. The number of hydrogen-bond donors (Lipinski definition) is 0. The first-order valence-corrected chi connectivity index (χ1v) is 8.75. The number of fused-ring (bicyclic) bond motifs is 3. The lowest BCUT2D eigenvalue weighted by Gasteiger charge is -2.25. The van der Waals surface area contributed by atoms with E-state index in [1.807, 2.05) is 18.3 Å². The molecule has 24 heavy (non-hydrogen) atoms. The molecule has 1 aliphatic heterocycles. The lowest BCUT2D eigenvalue weighted by Crippen LogP contribution is -2.28. The fraction of sp³-hybridized carbons (Fsp3) is 0.368. The van der Waals surface area contributed by atoms with Crippen molar-refractivity contribution in [1.29, 1.82) is 0 Å². The van der Waals surface area contributed by atoms with E-state index < -0.39 is 0 Å². The molecule has 4 nitrogen and oxygen atoms in total. The number of rotatable bonds is 3. The van der Waals surface area contributed by atoms with Crippen LogP contribution in [-0.4, -0.2) is 33.0 Å². The summed E-state index contributed by atoms with van der Waals surface area (Å²) in [6, 6.07) is 8.27. The van der Waals surface area contributed by atoms with Crippen LogP contribution in [0.3, 0.4) is 0 Å². The Kier molecular flexibility index (Phi) is 4.02. The minimum absolute atomic E-state index is 0.329. The van der Waals surface area contributed by atoms with Crippen molar-refractivity contribution in [3.63, 3.8) is 0 Å². The van der Waals surface area contributed by atoms with Crippen LogP contribution in [-0.2, 0) is 19.5 Å². The van der Waals surface area contributed by atoms with Gasteiger partial charge in [0.15, 0.2) is 0 Å². The molecule has 124 valence electrons. The van der Waals surface area contributed by atoms with Crippen molar-refractivity contribution in [3.05, 3.63) is 58.8 Å². The Hall–Kier alpha value is -1.91.